The third-order valence-electron chi connectivity index (χ3n) is 2.56. The normalized spacial score (nSPS) is 12.7. The third-order valence-corrected chi connectivity index (χ3v) is 2.56. The quantitative estimate of drug-likeness (QED) is 0.889. The molecule has 0 aliphatic heterocycles. The zero-order valence-electron chi connectivity index (χ0n) is 9.40. The van der Waals surface area contributed by atoms with Crippen molar-refractivity contribution >= 4 is 0 Å². The topological polar surface area (TPSA) is 43.8 Å². The lowest BCUT2D eigenvalue weighted by Gasteiger charge is -2.11. The number of nitrogens with two attached hydrogens (primary N) is 1. The molecule has 2 N–H and O–H groups in total. The highest BCUT2D eigenvalue weighted by molar-refractivity contribution is 5.20. The molecule has 1 aromatic carbocycles. The van der Waals surface area contributed by atoms with Crippen LogP contribution in [0.1, 0.15) is 24.2 Å². The minimum atomic E-state index is -0.455. The fraction of sp³-hybridized carbons (Fsp3) is 0.250. The van der Waals surface area contributed by atoms with E-state index in [0.717, 1.165) is 17.8 Å². The van der Waals surface area contributed by atoms with Crippen LogP contribution in [0.15, 0.2) is 30.7 Å². The first-order valence-corrected chi connectivity index (χ1v) is 5.27. The summed E-state index contributed by atoms with van der Waals surface area (Å²) in [5.41, 5.74) is 6.82. The van der Waals surface area contributed by atoms with Gasteiger partial charge in [0, 0.05) is 17.8 Å². The monoisotopic (exact) mass is 237 g/mol. The minimum absolute atomic E-state index is 0.200. The summed E-state index contributed by atoms with van der Waals surface area (Å²) in [6, 6.07) is 3.20. The van der Waals surface area contributed by atoms with Crippen molar-refractivity contribution in [1.82, 2.24) is 9.55 Å². The fourth-order valence-electron chi connectivity index (χ4n) is 1.69. The molecule has 0 spiro atoms. The van der Waals surface area contributed by atoms with E-state index in [0.29, 0.717) is 0 Å². The predicted molar refractivity (Wildman–Crippen MR) is 60.3 cm³/mol. The maximum Gasteiger partial charge on any atom is 0.128 e. The van der Waals surface area contributed by atoms with Crippen LogP contribution >= 0.6 is 0 Å². The molecule has 0 radical (unpaired) electrons. The summed E-state index contributed by atoms with van der Waals surface area (Å²) < 4.78 is 28.2. The smallest absolute Gasteiger partial charge is 0.128 e. The molecule has 0 fully saturated rings. The number of hydrogen-bond acceptors (Lipinski definition) is 2. The Labute approximate surface area is 97.9 Å². The Morgan fingerprint density at radius 3 is 2.88 bits per heavy atom. The van der Waals surface area contributed by atoms with Crippen LogP contribution in [0.2, 0.25) is 0 Å². The Balaban J connectivity index is 2.31. The molecule has 1 atom stereocenters. The lowest BCUT2D eigenvalue weighted by molar-refractivity contribution is 0.570. The van der Waals surface area contributed by atoms with Crippen LogP contribution < -0.4 is 5.73 Å². The molecule has 2 rings (SSSR count). The zero-order valence-corrected chi connectivity index (χ0v) is 9.40. The summed E-state index contributed by atoms with van der Waals surface area (Å²) in [4.78, 5) is 3.96. The van der Waals surface area contributed by atoms with Crippen LogP contribution in [0, 0.1) is 11.6 Å². The molecular formula is C12H13F2N3. The van der Waals surface area contributed by atoms with Crippen molar-refractivity contribution in [3.63, 3.8) is 0 Å². The van der Waals surface area contributed by atoms with Crippen molar-refractivity contribution in [2.45, 2.75) is 19.5 Å². The Kier molecular flexibility index (Phi) is 3.19. The molecule has 0 bridgehead atoms. The number of benzene rings is 1. The minimum Gasteiger partial charge on any atom is -0.329 e. The summed E-state index contributed by atoms with van der Waals surface area (Å²) in [5, 5.41) is 0. The van der Waals surface area contributed by atoms with Gasteiger partial charge in [0.2, 0.25) is 0 Å². The number of aromatic nitrogens is 2. The van der Waals surface area contributed by atoms with Gasteiger partial charge in [-0.05, 0) is 25.1 Å². The van der Waals surface area contributed by atoms with Gasteiger partial charge in [-0.1, -0.05) is 0 Å². The number of rotatable bonds is 3. The highest BCUT2D eigenvalue weighted by Crippen LogP contribution is 2.15. The molecule has 0 saturated carbocycles. The van der Waals surface area contributed by atoms with E-state index in [1.54, 1.807) is 17.1 Å². The summed E-state index contributed by atoms with van der Waals surface area (Å²) in [7, 11) is 0. The van der Waals surface area contributed by atoms with Crippen molar-refractivity contribution in [2.24, 2.45) is 5.73 Å². The fourth-order valence-corrected chi connectivity index (χ4v) is 1.69. The van der Waals surface area contributed by atoms with Gasteiger partial charge in [0.05, 0.1) is 18.6 Å². The van der Waals surface area contributed by atoms with E-state index in [2.05, 4.69) is 4.98 Å². The molecule has 5 heteroatoms. The van der Waals surface area contributed by atoms with E-state index in [-0.39, 0.29) is 18.2 Å². The summed E-state index contributed by atoms with van der Waals surface area (Å²) in [6.45, 7) is 2.04. The maximum atomic E-state index is 13.5. The van der Waals surface area contributed by atoms with Gasteiger partial charge in [0.15, 0.2) is 0 Å². The zero-order chi connectivity index (χ0) is 12.4. The van der Waals surface area contributed by atoms with Crippen LogP contribution in [0.4, 0.5) is 8.78 Å². The van der Waals surface area contributed by atoms with E-state index in [1.807, 2.05) is 6.92 Å². The average molecular weight is 237 g/mol. The Morgan fingerprint density at radius 1 is 1.41 bits per heavy atom. The van der Waals surface area contributed by atoms with Gasteiger partial charge >= 0.3 is 0 Å². The van der Waals surface area contributed by atoms with E-state index < -0.39 is 11.6 Å². The number of imidazole rings is 1. The van der Waals surface area contributed by atoms with Gasteiger partial charge in [0.1, 0.15) is 11.6 Å². The molecule has 0 saturated heterocycles. The molecular weight excluding hydrogens is 224 g/mol. The highest BCUT2D eigenvalue weighted by Gasteiger charge is 2.10. The third kappa shape index (κ3) is 2.50. The lowest BCUT2D eigenvalue weighted by Crippen LogP contribution is -2.13. The van der Waals surface area contributed by atoms with E-state index in [4.69, 9.17) is 5.73 Å². The van der Waals surface area contributed by atoms with Gasteiger partial charge in [0.25, 0.3) is 0 Å². The van der Waals surface area contributed by atoms with Crippen molar-refractivity contribution in [3.05, 3.63) is 53.6 Å². The summed E-state index contributed by atoms with van der Waals surface area (Å²) >= 11 is 0. The molecule has 17 heavy (non-hydrogen) atoms. The van der Waals surface area contributed by atoms with Gasteiger partial charge in [-0.3, -0.25) is 0 Å². The SMILES string of the molecule is C[C@H](N)c1cncn1Cc1cc(F)ccc1F. The Morgan fingerprint density at radius 2 is 2.18 bits per heavy atom. The summed E-state index contributed by atoms with van der Waals surface area (Å²) in [5.74, 6) is -0.889. The van der Waals surface area contributed by atoms with Crippen LogP contribution in [-0.2, 0) is 6.54 Å². The summed E-state index contributed by atoms with van der Waals surface area (Å²) in [6.07, 6.45) is 3.19. The number of nitrogens with zero attached hydrogens (tertiary/aromatic N) is 2. The Hall–Kier alpha value is -1.75. The van der Waals surface area contributed by atoms with Crippen LogP contribution in [-0.4, -0.2) is 9.55 Å². The van der Waals surface area contributed by atoms with Crippen LogP contribution in [0.5, 0.6) is 0 Å². The maximum absolute atomic E-state index is 13.5. The molecule has 0 amide bonds. The molecule has 1 heterocycles. The van der Waals surface area contributed by atoms with Crippen molar-refractivity contribution in [2.75, 3.05) is 0 Å². The second-order valence-corrected chi connectivity index (χ2v) is 3.97. The predicted octanol–water partition coefficient (Wildman–Crippen LogP) is 2.23. The van der Waals surface area contributed by atoms with E-state index >= 15 is 0 Å². The first kappa shape index (κ1) is 11.7. The van der Waals surface area contributed by atoms with Gasteiger partial charge in [-0.2, -0.15) is 0 Å². The molecule has 1 aromatic heterocycles. The molecule has 0 unspecified atom stereocenters. The second-order valence-electron chi connectivity index (χ2n) is 3.97. The molecule has 90 valence electrons. The molecule has 3 nitrogen and oxygen atoms in total. The van der Waals surface area contributed by atoms with Crippen LogP contribution in [0.25, 0.3) is 0 Å². The van der Waals surface area contributed by atoms with E-state index in [1.165, 1.54) is 6.07 Å². The highest BCUT2D eigenvalue weighted by atomic mass is 19.1. The molecule has 0 aliphatic rings. The van der Waals surface area contributed by atoms with Crippen LogP contribution in [0.3, 0.4) is 0 Å². The van der Waals surface area contributed by atoms with Crippen molar-refractivity contribution in [1.29, 1.82) is 0 Å². The molecule has 2 aromatic rings. The second kappa shape index (κ2) is 4.63. The van der Waals surface area contributed by atoms with E-state index in [9.17, 15) is 8.78 Å². The first-order valence-electron chi connectivity index (χ1n) is 5.27. The van der Waals surface area contributed by atoms with Gasteiger partial charge < -0.3 is 10.3 Å². The number of hydrogen-bond donors (Lipinski definition) is 1. The largest absolute Gasteiger partial charge is 0.329 e. The van der Waals surface area contributed by atoms with Crippen molar-refractivity contribution < 1.29 is 8.78 Å². The van der Waals surface area contributed by atoms with Gasteiger partial charge in [-0.25, -0.2) is 13.8 Å². The first-order chi connectivity index (χ1) is 8.08. The lowest BCUT2D eigenvalue weighted by atomic mass is 10.2. The molecule has 0 aliphatic carbocycles. The van der Waals surface area contributed by atoms with Gasteiger partial charge in [-0.15, -0.1) is 0 Å². The average Bonchev–Trinajstić information content (AvgIpc) is 2.71. The Bertz CT molecular complexity index is 520. The number of halogens is 2. The standard InChI is InChI=1S/C12H13F2N3/c1-8(15)12-5-16-7-17(12)6-9-4-10(13)2-3-11(9)14/h2-5,7-8H,6,15H2,1H3/t8-/m0/s1. The van der Waals surface area contributed by atoms with Crippen molar-refractivity contribution in [3.8, 4) is 0 Å².